The largest absolute Gasteiger partial charge is 0.619 e. The molecule has 134 valence electrons. The van der Waals surface area contributed by atoms with E-state index in [2.05, 4.69) is 15.0 Å². The van der Waals surface area contributed by atoms with Crippen LogP contribution in [0.3, 0.4) is 0 Å². The molecule has 28 heavy (non-hydrogen) atoms. The summed E-state index contributed by atoms with van der Waals surface area (Å²) in [6.07, 6.45) is 6.14. The van der Waals surface area contributed by atoms with Crippen LogP contribution in [-0.2, 0) is 0 Å². The maximum absolute atomic E-state index is 14.4. The number of hydrogen-bond donors (Lipinski definition) is 0. The molecule has 0 aliphatic rings. The minimum atomic E-state index is -0.352. The van der Waals surface area contributed by atoms with Crippen LogP contribution < -0.4 is 4.73 Å². The lowest BCUT2D eigenvalue weighted by molar-refractivity contribution is -0.603. The Morgan fingerprint density at radius 3 is 2.57 bits per heavy atom. The van der Waals surface area contributed by atoms with Crippen molar-refractivity contribution in [3.63, 3.8) is 0 Å². The van der Waals surface area contributed by atoms with Gasteiger partial charge in [-0.2, -0.15) is 4.73 Å². The van der Waals surface area contributed by atoms with Crippen molar-refractivity contribution >= 4 is 21.9 Å². The second kappa shape index (κ2) is 6.35. The first kappa shape index (κ1) is 16.3. The summed E-state index contributed by atoms with van der Waals surface area (Å²) in [5.41, 5.74) is 3.59. The standard InChI is InChI=1S/C22H13FN4O/c23-19-7-2-1-5-17(19)20-12-18(21-22(26-20)25-10-9-24-21)16-6-3-4-14-13-27(28)11-8-15(14)16/h1-13H. The maximum Gasteiger partial charge on any atom is 0.188 e. The van der Waals surface area contributed by atoms with E-state index >= 15 is 0 Å². The summed E-state index contributed by atoms with van der Waals surface area (Å²) >= 11 is 0. The third kappa shape index (κ3) is 2.63. The average molecular weight is 368 g/mol. The summed E-state index contributed by atoms with van der Waals surface area (Å²) in [6.45, 7) is 0. The van der Waals surface area contributed by atoms with Crippen molar-refractivity contribution in [2.45, 2.75) is 0 Å². The average Bonchev–Trinajstić information content (AvgIpc) is 2.72. The molecule has 2 aromatic carbocycles. The number of fused-ring (bicyclic) bond motifs is 2. The lowest BCUT2D eigenvalue weighted by Crippen LogP contribution is -2.23. The molecule has 0 bridgehead atoms. The van der Waals surface area contributed by atoms with Crippen LogP contribution >= 0.6 is 0 Å². The van der Waals surface area contributed by atoms with Gasteiger partial charge in [0.2, 0.25) is 0 Å². The zero-order valence-corrected chi connectivity index (χ0v) is 14.6. The molecule has 0 radical (unpaired) electrons. The third-order valence-electron chi connectivity index (χ3n) is 4.68. The second-order valence-electron chi connectivity index (χ2n) is 6.38. The Morgan fingerprint density at radius 2 is 1.68 bits per heavy atom. The summed E-state index contributed by atoms with van der Waals surface area (Å²) in [6, 6.07) is 15.8. The summed E-state index contributed by atoms with van der Waals surface area (Å²) in [7, 11) is 0. The van der Waals surface area contributed by atoms with Crippen molar-refractivity contribution in [1.29, 1.82) is 0 Å². The Morgan fingerprint density at radius 1 is 0.857 bits per heavy atom. The lowest BCUT2D eigenvalue weighted by atomic mass is 9.97. The molecule has 5 rings (SSSR count). The highest BCUT2D eigenvalue weighted by atomic mass is 19.1. The van der Waals surface area contributed by atoms with Crippen LogP contribution in [0.2, 0.25) is 0 Å². The van der Waals surface area contributed by atoms with Gasteiger partial charge >= 0.3 is 0 Å². The fourth-order valence-corrected chi connectivity index (χ4v) is 3.41. The topological polar surface area (TPSA) is 65.6 Å². The number of halogens is 1. The molecule has 0 aliphatic heterocycles. The van der Waals surface area contributed by atoms with Crippen LogP contribution in [0.25, 0.3) is 44.3 Å². The zero-order chi connectivity index (χ0) is 19.1. The Hall–Kier alpha value is -3.93. The van der Waals surface area contributed by atoms with Crippen LogP contribution in [0.5, 0.6) is 0 Å². The van der Waals surface area contributed by atoms with Gasteiger partial charge in [-0.05, 0) is 29.8 Å². The molecule has 0 aliphatic carbocycles. The van der Waals surface area contributed by atoms with Gasteiger partial charge in [0.25, 0.3) is 0 Å². The zero-order valence-electron chi connectivity index (χ0n) is 14.6. The van der Waals surface area contributed by atoms with E-state index in [-0.39, 0.29) is 5.82 Å². The van der Waals surface area contributed by atoms with E-state index in [1.807, 2.05) is 24.3 Å². The van der Waals surface area contributed by atoms with Gasteiger partial charge in [-0.15, -0.1) is 0 Å². The predicted molar refractivity (Wildman–Crippen MR) is 105 cm³/mol. The molecule has 3 aromatic heterocycles. The number of hydrogen-bond acceptors (Lipinski definition) is 4. The highest BCUT2D eigenvalue weighted by molar-refractivity contribution is 6.03. The molecule has 0 fully saturated rings. The highest BCUT2D eigenvalue weighted by Gasteiger charge is 2.15. The normalized spacial score (nSPS) is 11.2. The molecule has 0 N–H and O–H groups in total. The third-order valence-corrected chi connectivity index (χ3v) is 4.68. The predicted octanol–water partition coefficient (Wildman–Crippen LogP) is 4.28. The molecular weight excluding hydrogens is 355 g/mol. The number of benzene rings is 2. The molecule has 0 spiro atoms. The summed E-state index contributed by atoms with van der Waals surface area (Å²) in [4.78, 5) is 13.3. The van der Waals surface area contributed by atoms with E-state index < -0.39 is 0 Å². The van der Waals surface area contributed by atoms with E-state index in [0.29, 0.717) is 22.4 Å². The van der Waals surface area contributed by atoms with Gasteiger partial charge in [0.1, 0.15) is 11.3 Å². The van der Waals surface area contributed by atoms with Crippen molar-refractivity contribution < 1.29 is 9.12 Å². The monoisotopic (exact) mass is 368 g/mol. The summed E-state index contributed by atoms with van der Waals surface area (Å²) in [5.74, 6) is -0.352. The molecule has 6 heteroatoms. The lowest BCUT2D eigenvalue weighted by Gasteiger charge is -2.11. The molecule has 0 saturated heterocycles. The quantitative estimate of drug-likeness (QED) is 0.344. The first-order chi connectivity index (χ1) is 13.7. The van der Waals surface area contributed by atoms with Gasteiger partial charge in [0.15, 0.2) is 18.0 Å². The maximum atomic E-state index is 14.4. The molecule has 5 aromatic rings. The minimum absolute atomic E-state index is 0.352. The number of nitrogens with zero attached hydrogens (tertiary/aromatic N) is 4. The van der Waals surface area contributed by atoms with Crippen molar-refractivity contribution in [2.75, 3.05) is 0 Å². The molecule has 0 atom stereocenters. The minimum Gasteiger partial charge on any atom is -0.619 e. The van der Waals surface area contributed by atoms with Gasteiger partial charge in [-0.3, -0.25) is 4.98 Å². The fourth-order valence-electron chi connectivity index (χ4n) is 3.41. The number of pyridine rings is 2. The van der Waals surface area contributed by atoms with Crippen LogP contribution in [0.4, 0.5) is 4.39 Å². The van der Waals surface area contributed by atoms with Crippen molar-refractivity contribution in [1.82, 2.24) is 15.0 Å². The SMILES string of the molecule is [O-][n+]1ccc2c(-c3cc(-c4ccccc4F)nc4nccnc34)cccc2c1. The Labute approximate surface area is 159 Å². The van der Waals surface area contributed by atoms with Crippen LogP contribution in [0.15, 0.2) is 79.4 Å². The van der Waals surface area contributed by atoms with Crippen LogP contribution in [0.1, 0.15) is 0 Å². The Kier molecular flexibility index (Phi) is 3.69. The van der Waals surface area contributed by atoms with Gasteiger partial charge in [0.05, 0.1) is 5.69 Å². The smallest absolute Gasteiger partial charge is 0.188 e. The molecule has 0 amide bonds. The first-order valence-electron chi connectivity index (χ1n) is 8.69. The fraction of sp³-hybridized carbons (Fsp3) is 0. The van der Waals surface area contributed by atoms with Crippen molar-refractivity contribution in [3.8, 4) is 22.4 Å². The van der Waals surface area contributed by atoms with Crippen LogP contribution in [-0.4, -0.2) is 15.0 Å². The first-order valence-corrected chi connectivity index (χ1v) is 8.69. The highest BCUT2D eigenvalue weighted by Crippen LogP contribution is 2.34. The van der Waals surface area contributed by atoms with E-state index in [9.17, 15) is 9.60 Å². The summed E-state index contributed by atoms with van der Waals surface area (Å²) in [5, 5.41) is 13.4. The Bertz CT molecular complexity index is 1350. The van der Waals surface area contributed by atoms with Crippen molar-refractivity contribution in [3.05, 3.63) is 90.4 Å². The van der Waals surface area contributed by atoms with E-state index in [4.69, 9.17) is 0 Å². The van der Waals surface area contributed by atoms with E-state index in [1.54, 1.807) is 36.7 Å². The van der Waals surface area contributed by atoms with Gasteiger partial charge in [-0.1, -0.05) is 24.3 Å². The van der Waals surface area contributed by atoms with E-state index in [0.717, 1.165) is 26.6 Å². The van der Waals surface area contributed by atoms with Gasteiger partial charge in [0, 0.05) is 40.4 Å². The van der Waals surface area contributed by atoms with Gasteiger partial charge < -0.3 is 5.21 Å². The molecule has 3 heterocycles. The Balaban J connectivity index is 1.86. The van der Waals surface area contributed by atoms with E-state index in [1.165, 1.54) is 18.5 Å². The van der Waals surface area contributed by atoms with Crippen molar-refractivity contribution in [2.24, 2.45) is 0 Å². The second-order valence-corrected chi connectivity index (χ2v) is 6.38. The molecular formula is C22H13FN4O. The molecule has 5 nitrogen and oxygen atoms in total. The number of rotatable bonds is 2. The summed E-state index contributed by atoms with van der Waals surface area (Å²) < 4.78 is 15.2. The molecule has 0 saturated carbocycles. The number of aromatic nitrogens is 4. The van der Waals surface area contributed by atoms with Crippen LogP contribution in [0, 0.1) is 11.0 Å². The molecule has 0 unspecified atom stereocenters. The van der Waals surface area contributed by atoms with Gasteiger partial charge in [-0.25, -0.2) is 14.4 Å².